The lowest BCUT2D eigenvalue weighted by atomic mass is 9.45. The lowest BCUT2D eigenvalue weighted by Gasteiger charge is -2.59. The van der Waals surface area contributed by atoms with E-state index in [1.54, 1.807) is 11.1 Å². The monoisotopic (exact) mass is 386 g/mol. The molecule has 3 saturated carbocycles. The maximum Gasteiger partial charge on any atom is 0.102 e. The molecule has 1 aromatic rings. The van der Waals surface area contributed by atoms with Crippen LogP contribution in [0.15, 0.2) is 59.6 Å². The summed E-state index contributed by atoms with van der Waals surface area (Å²) in [6, 6.07) is 4.31. The van der Waals surface area contributed by atoms with Crippen molar-refractivity contribution in [3.05, 3.63) is 60.0 Å². The van der Waals surface area contributed by atoms with Crippen molar-refractivity contribution >= 4 is 11.3 Å². The van der Waals surface area contributed by atoms with Gasteiger partial charge >= 0.3 is 0 Å². The average Bonchev–Trinajstić information content (AvgIpc) is 3.41. The van der Waals surface area contributed by atoms with E-state index in [2.05, 4.69) is 60.5 Å². The predicted molar refractivity (Wildman–Crippen MR) is 115 cm³/mol. The third kappa shape index (κ3) is 2.25. The van der Waals surface area contributed by atoms with Crippen LogP contribution in [0.3, 0.4) is 0 Å². The van der Waals surface area contributed by atoms with Gasteiger partial charge in [-0.05, 0) is 96.5 Å². The number of fused-ring (bicyclic) bond motifs is 6. The summed E-state index contributed by atoms with van der Waals surface area (Å²) in [5, 5.41) is 12.9. The molecular formula is C26H30N2O. The highest BCUT2D eigenvalue weighted by Gasteiger charge is 2.64. The van der Waals surface area contributed by atoms with Crippen LogP contribution in [0.2, 0.25) is 0 Å². The molecule has 1 N–H and O–H groups in total. The van der Waals surface area contributed by atoms with E-state index in [0.29, 0.717) is 11.3 Å². The van der Waals surface area contributed by atoms with Gasteiger partial charge in [0.15, 0.2) is 0 Å². The van der Waals surface area contributed by atoms with Crippen molar-refractivity contribution in [2.24, 2.45) is 39.2 Å². The van der Waals surface area contributed by atoms with Gasteiger partial charge in [-0.2, -0.15) is 0 Å². The Bertz CT molecular complexity index is 983. The predicted octanol–water partition coefficient (Wildman–Crippen LogP) is 6.03. The highest BCUT2D eigenvalue weighted by atomic mass is 16.4. The van der Waals surface area contributed by atoms with E-state index >= 15 is 0 Å². The van der Waals surface area contributed by atoms with Crippen molar-refractivity contribution in [3.8, 4) is 0 Å². The standard InChI is InChI=1S/C26H30N2O/c1-24-10-8-22-19(21(24)6-5-20(24)17-4-3-13-27-16-17)15-26(11-12-26)23-14-18(28-29)7-9-25(22,23)2/h3-5,7,9,13-14,16,19,21-22,29H,6,8,10-12,15H2,1-2H3/b28-18+. The molecule has 0 aromatic carbocycles. The summed E-state index contributed by atoms with van der Waals surface area (Å²) in [5.74, 6) is 2.19. The van der Waals surface area contributed by atoms with Crippen LogP contribution in [0, 0.1) is 34.0 Å². The molecule has 0 bridgehead atoms. The molecule has 1 spiro atoms. The second kappa shape index (κ2) is 5.71. The first-order chi connectivity index (χ1) is 14.0. The van der Waals surface area contributed by atoms with Gasteiger partial charge in [0.05, 0.1) is 0 Å². The number of hydrogen-bond donors (Lipinski definition) is 1. The second-order valence-electron chi connectivity index (χ2n) is 10.6. The highest BCUT2D eigenvalue weighted by Crippen LogP contribution is 2.74. The molecule has 5 atom stereocenters. The van der Waals surface area contributed by atoms with Gasteiger partial charge in [-0.3, -0.25) is 4.98 Å². The lowest BCUT2D eigenvalue weighted by Crippen LogP contribution is -2.51. The number of rotatable bonds is 1. The molecule has 150 valence electrons. The molecule has 5 aliphatic rings. The van der Waals surface area contributed by atoms with Gasteiger partial charge in [-0.1, -0.05) is 42.8 Å². The van der Waals surface area contributed by atoms with E-state index in [0.717, 1.165) is 17.5 Å². The number of oxime groups is 1. The number of aromatic nitrogens is 1. The number of allylic oxidation sites excluding steroid dienone is 6. The number of nitrogens with zero attached hydrogens (tertiary/aromatic N) is 2. The van der Waals surface area contributed by atoms with Crippen LogP contribution >= 0.6 is 0 Å². The van der Waals surface area contributed by atoms with Crippen LogP contribution in [-0.4, -0.2) is 15.9 Å². The highest BCUT2D eigenvalue weighted by molar-refractivity contribution is 6.05. The molecule has 0 amide bonds. The topological polar surface area (TPSA) is 45.5 Å². The van der Waals surface area contributed by atoms with Crippen molar-refractivity contribution in [2.45, 2.75) is 52.4 Å². The Balaban J connectivity index is 1.40. The summed E-state index contributed by atoms with van der Waals surface area (Å²) in [6.45, 7) is 4.99. The Morgan fingerprint density at radius 3 is 2.76 bits per heavy atom. The molecule has 6 rings (SSSR count). The van der Waals surface area contributed by atoms with Crippen molar-refractivity contribution in [1.29, 1.82) is 0 Å². The Labute approximate surface area is 173 Å². The number of pyridine rings is 1. The van der Waals surface area contributed by atoms with Crippen LogP contribution < -0.4 is 0 Å². The van der Waals surface area contributed by atoms with Crippen molar-refractivity contribution in [1.82, 2.24) is 4.98 Å². The summed E-state index contributed by atoms with van der Waals surface area (Å²) in [7, 11) is 0. The molecule has 0 aliphatic heterocycles. The number of hydrogen-bond acceptors (Lipinski definition) is 3. The first-order valence-corrected chi connectivity index (χ1v) is 11.3. The van der Waals surface area contributed by atoms with E-state index in [9.17, 15) is 5.21 Å². The molecule has 0 radical (unpaired) electrons. The third-order valence-corrected chi connectivity index (χ3v) is 9.40. The maximum absolute atomic E-state index is 9.36. The van der Waals surface area contributed by atoms with Gasteiger partial charge in [-0.15, -0.1) is 0 Å². The molecule has 1 aromatic heterocycles. The van der Waals surface area contributed by atoms with Gasteiger partial charge in [0.2, 0.25) is 0 Å². The van der Waals surface area contributed by atoms with Crippen LogP contribution in [0.25, 0.3) is 5.57 Å². The second-order valence-corrected chi connectivity index (χ2v) is 10.6. The molecule has 1 heterocycles. The minimum atomic E-state index is 0.117. The van der Waals surface area contributed by atoms with Gasteiger partial charge < -0.3 is 5.21 Å². The van der Waals surface area contributed by atoms with E-state index < -0.39 is 0 Å². The Morgan fingerprint density at radius 2 is 2.03 bits per heavy atom. The Kier molecular flexibility index (Phi) is 3.48. The van der Waals surface area contributed by atoms with Gasteiger partial charge in [0.1, 0.15) is 5.71 Å². The van der Waals surface area contributed by atoms with Crippen molar-refractivity contribution < 1.29 is 5.21 Å². The minimum Gasteiger partial charge on any atom is -0.410 e. The molecule has 3 heteroatoms. The normalized spacial score (nSPS) is 42.7. The fourth-order valence-electron chi connectivity index (χ4n) is 7.85. The van der Waals surface area contributed by atoms with Crippen molar-refractivity contribution in [2.75, 3.05) is 0 Å². The smallest absolute Gasteiger partial charge is 0.102 e. The van der Waals surface area contributed by atoms with E-state index in [1.165, 1.54) is 44.1 Å². The van der Waals surface area contributed by atoms with Gasteiger partial charge in [-0.25, -0.2) is 0 Å². The molecule has 5 aliphatic carbocycles. The van der Waals surface area contributed by atoms with Crippen LogP contribution in [-0.2, 0) is 0 Å². The summed E-state index contributed by atoms with van der Waals surface area (Å²) in [6.07, 6.45) is 20.8. The molecule has 3 nitrogen and oxygen atoms in total. The largest absolute Gasteiger partial charge is 0.410 e. The van der Waals surface area contributed by atoms with Crippen molar-refractivity contribution in [3.63, 3.8) is 0 Å². The summed E-state index contributed by atoms with van der Waals surface area (Å²) < 4.78 is 0. The van der Waals surface area contributed by atoms with E-state index in [4.69, 9.17) is 0 Å². The fraction of sp³-hybridized carbons (Fsp3) is 0.538. The first-order valence-electron chi connectivity index (χ1n) is 11.3. The zero-order valence-corrected chi connectivity index (χ0v) is 17.4. The Morgan fingerprint density at radius 1 is 1.17 bits per heavy atom. The maximum atomic E-state index is 9.36. The molecule has 29 heavy (non-hydrogen) atoms. The molecular weight excluding hydrogens is 356 g/mol. The van der Waals surface area contributed by atoms with Crippen LogP contribution in [0.5, 0.6) is 0 Å². The average molecular weight is 387 g/mol. The summed E-state index contributed by atoms with van der Waals surface area (Å²) in [5.41, 5.74) is 5.89. The molecule has 3 fully saturated rings. The SMILES string of the molecule is CC12C=C/C(=N\O)C=C1C1(CC1)CC1C2CCC2(C)C(c3cccnc3)=CCC12. The summed E-state index contributed by atoms with van der Waals surface area (Å²) >= 11 is 0. The third-order valence-electron chi connectivity index (χ3n) is 9.40. The fourth-order valence-corrected chi connectivity index (χ4v) is 7.85. The minimum absolute atomic E-state index is 0.117. The first kappa shape index (κ1) is 17.7. The van der Waals surface area contributed by atoms with Crippen LogP contribution in [0.1, 0.15) is 57.9 Å². The van der Waals surface area contributed by atoms with Gasteiger partial charge in [0.25, 0.3) is 0 Å². The summed E-state index contributed by atoms with van der Waals surface area (Å²) in [4.78, 5) is 4.40. The van der Waals surface area contributed by atoms with Gasteiger partial charge in [0, 0.05) is 17.8 Å². The Hall–Kier alpha value is -2.16. The zero-order chi connectivity index (χ0) is 19.9. The lowest BCUT2D eigenvalue weighted by molar-refractivity contribution is -0.0175. The molecule has 5 unspecified atom stereocenters. The van der Waals surface area contributed by atoms with Crippen LogP contribution in [0.4, 0.5) is 0 Å². The molecule has 0 saturated heterocycles. The zero-order valence-electron chi connectivity index (χ0n) is 17.4. The van der Waals surface area contributed by atoms with E-state index in [-0.39, 0.29) is 10.8 Å². The van der Waals surface area contributed by atoms with E-state index in [1.807, 2.05) is 12.3 Å². The quantitative estimate of drug-likeness (QED) is 0.473.